The molecule has 1 aromatic heterocycles. The molecule has 1 heterocycles. The van der Waals surface area contributed by atoms with Gasteiger partial charge in [0.1, 0.15) is 5.82 Å². The van der Waals surface area contributed by atoms with E-state index >= 15 is 0 Å². The first-order chi connectivity index (χ1) is 10.0. The minimum Gasteiger partial charge on any atom is -0.380 e. The van der Waals surface area contributed by atoms with Crippen LogP contribution >= 0.6 is 27.5 Å². The van der Waals surface area contributed by atoms with Crippen molar-refractivity contribution in [3.63, 3.8) is 0 Å². The summed E-state index contributed by atoms with van der Waals surface area (Å²) in [5.74, 6) is -0.432. The van der Waals surface area contributed by atoms with Gasteiger partial charge in [-0.3, -0.25) is 0 Å². The van der Waals surface area contributed by atoms with Gasteiger partial charge < -0.3 is 15.3 Å². The van der Waals surface area contributed by atoms with Crippen LogP contribution in [0.25, 0.3) is 11.0 Å². The quantitative estimate of drug-likeness (QED) is 0.652. The maximum atomic E-state index is 13.8. The van der Waals surface area contributed by atoms with E-state index in [2.05, 4.69) is 31.2 Å². The fourth-order valence-corrected chi connectivity index (χ4v) is 2.74. The van der Waals surface area contributed by atoms with Gasteiger partial charge in [0.25, 0.3) is 0 Å². The minimum absolute atomic E-state index is 0.0961. The summed E-state index contributed by atoms with van der Waals surface area (Å²) in [6, 6.07) is 8.43. The Labute approximate surface area is 132 Å². The van der Waals surface area contributed by atoms with Gasteiger partial charge in [0.2, 0.25) is 0 Å². The van der Waals surface area contributed by atoms with Crippen LogP contribution in [0, 0.1) is 5.82 Å². The van der Waals surface area contributed by atoms with Crippen molar-refractivity contribution in [2.75, 3.05) is 5.32 Å². The second kappa shape index (κ2) is 5.54. The number of H-pyrrole nitrogens is 2. The molecule has 0 saturated carbocycles. The van der Waals surface area contributed by atoms with Crippen molar-refractivity contribution < 1.29 is 4.39 Å². The predicted molar refractivity (Wildman–Crippen MR) is 85.4 cm³/mol. The summed E-state index contributed by atoms with van der Waals surface area (Å²) in [5.41, 5.74) is 2.33. The van der Waals surface area contributed by atoms with Gasteiger partial charge in [-0.15, -0.1) is 0 Å². The lowest BCUT2D eigenvalue weighted by atomic mass is 10.2. The molecular formula is C14H10BrClFN3O. The first-order valence-electron chi connectivity index (χ1n) is 6.13. The van der Waals surface area contributed by atoms with Crippen LogP contribution < -0.4 is 11.0 Å². The van der Waals surface area contributed by atoms with E-state index < -0.39 is 5.82 Å². The van der Waals surface area contributed by atoms with Crippen molar-refractivity contribution in [2.45, 2.75) is 6.54 Å². The zero-order chi connectivity index (χ0) is 15.0. The summed E-state index contributed by atoms with van der Waals surface area (Å²) in [6.45, 7) is 0.283. The number of fused-ring (bicyclic) bond motifs is 1. The fourth-order valence-electron chi connectivity index (χ4n) is 2.07. The third kappa shape index (κ3) is 2.82. The smallest absolute Gasteiger partial charge is 0.323 e. The number of benzene rings is 2. The van der Waals surface area contributed by atoms with Gasteiger partial charge in [0, 0.05) is 16.6 Å². The Kier molecular flexibility index (Phi) is 3.73. The highest BCUT2D eigenvalue weighted by molar-refractivity contribution is 9.10. The molecule has 4 nitrogen and oxygen atoms in total. The molecule has 0 aliphatic heterocycles. The van der Waals surface area contributed by atoms with E-state index in [0.29, 0.717) is 16.6 Å². The van der Waals surface area contributed by atoms with Gasteiger partial charge >= 0.3 is 5.69 Å². The molecule has 21 heavy (non-hydrogen) atoms. The molecule has 0 saturated heterocycles. The third-order valence-corrected chi connectivity index (χ3v) is 4.05. The lowest BCUT2D eigenvalue weighted by Crippen LogP contribution is -2.02. The monoisotopic (exact) mass is 369 g/mol. The second-order valence-electron chi connectivity index (χ2n) is 4.52. The van der Waals surface area contributed by atoms with E-state index in [9.17, 15) is 9.18 Å². The molecule has 0 atom stereocenters. The number of hydrogen-bond donors (Lipinski definition) is 3. The summed E-state index contributed by atoms with van der Waals surface area (Å²) in [6.07, 6.45) is 0. The molecule has 0 aliphatic carbocycles. The summed E-state index contributed by atoms with van der Waals surface area (Å²) in [5, 5.41) is 3.21. The molecule has 0 aliphatic rings. The normalized spacial score (nSPS) is 11.0. The topological polar surface area (TPSA) is 60.7 Å². The van der Waals surface area contributed by atoms with E-state index in [1.165, 1.54) is 6.07 Å². The lowest BCUT2D eigenvalue weighted by Gasteiger charge is -2.10. The predicted octanol–water partition coefficient (Wildman–Crippen LogP) is 4.02. The van der Waals surface area contributed by atoms with Gasteiger partial charge in [-0.05, 0) is 34.1 Å². The highest BCUT2D eigenvalue weighted by Gasteiger charge is 2.08. The van der Waals surface area contributed by atoms with E-state index in [4.69, 9.17) is 11.6 Å². The van der Waals surface area contributed by atoms with Crippen molar-refractivity contribution in [1.29, 1.82) is 0 Å². The van der Waals surface area contributed by atoms with E-state index in [1.807, 2.05) is 0 Å². The average molecular weight is 371 g/mol. The molecule has 0 fully saturated rings. The van der Waals surface area contributed by atoms with Crippen LogP contribution in [0.15, 0.2) is 39.6 Å². The number of anilines is 1. The Morgan fingerprint density at radius 1 is 1.24 bits per heavy atom. The molecule has 0 spiro atoms. The summed E-state index contributed by atoms with van der Waals surface area (Å²) in [4.78, 5) is 16.6. The molecule has 0 amide bonds. The third-order valence-electron chi connectivity index (χ3n) is 3.10. The molecule has 108 valence electrons. The van der Waals surface area contributed by atoms with Crippen LogP contribution in [0.4, 0.5) is 10.1 Å². The minimum atomic E-state index is -0.432. The van der Waals surface area contributed by atoms with Crippen LogP contribution in [-0.2, 0) is 6.54 Å². The van der Waals surface area contributed by atoms with Crippen molar-refractivity contribution in [3.05, 3.63) is 61.7 Å². The molecule has 0 radical (unpaired) electrons. The van der Waals surface area contributed by atoms with Crippen molar-refractivity contribution in [1.82, 2.24) is 9.97 Å². The second-order valence-corrected chi connectivity index (χ2v) is 5.78. The summed E-state index contributed by atoms with van der Waals surface area (Å²) in [7, 11) is 0. The molecule has 0 unspecified atom stereocenters. The molecule has 3 N–H and O–H groups in total. The zero-order valence-corrected chi connectivity index (χ0v) is 13.0. The Morgan fingerprint density at radius 2 is 1.95 bits per heavy atom. The Hall–Kier alpha value is -1.79. The van der Waals surface area contributed by atoms with E-state index in [1.54, 1.807) is 24.3 Å². The van der Waals surface area contributed by atoms with Crippen LogP contribution in [-0.4, -0.2) is 9.97 Å². The molecular weight excluding hydrogens is 361 g/mol. The van der Waals surface area contributed by atoms with Crippen molar-refractivity contribution in [3.8, 4) is 0 Å². The maximum absolute atomic E-state index is 13.8. The number of nitrogens with one attached hydrogen (secondary N) is 3. The number of aromatic amines is 2. The summed E-state index contributed by atoms with van der Waals surface area (Å²) < 4.78 is 14.6. The molecule has 7 heteroatoms. The number of rotatable bonds is 3. The number of halogens is 3. The lowest BCUT2D eigenvalue weighted by molar-refractivity contribution is 0.613. The van der Waals surface area contributed by atoms with Crippen molar-refractivity contribution in [2.24, 2.45) is 0 Å². The maximum Gasteiger partial charge on any atom is 0.323 e. The fraction of sp³-hybridized carbons (Fsp3) is 0.0714. The molecule has 0 bridgehead atoms. The summed E-state index contributed by atoms with van der Waals surface area (Å²) >= 11 is 9.17. The zero-order valence-electron chi connectivity index (χ0n) is 10.6. The van der Waals surface area contributed by atoms with Crippen LogP contribution in [0.5, 0.6) is 0 Å². The van der Waals surface area contributed by atoms with Gasteiger partial charge in [0.15, 0.2) is 0 Å². The van der Waals surface area contributed by atoms with E-state index in [0.717, 1.165) is 10.2 Å². The first-order valence-corrected chi connectivity index (χ1v) is 7.30. The standard InChI is InChI=1S/C14H10BrClFN3O/c15-8-4-11-12(20-14(21)19-11)5-10(8)18-6-7-2-1-3-9(16)13(7)17/h1-5,18H,6H2,(H2,19,20,21). The van der Waals surface area contributed by atoms with Crippen LogP contribution in [0.2, 0.25) is 5.02 Å². The molecule has 2 aromatic carbocycles. The van der Waals surface area contributed by atoms with Gasteiger partial charge in [-0.2, -0.15) is 0 Å². The van der Waals surface area contributed by atoms with Gasteiger partial charge in [-0.1, -0.05) is 23.7 Å². The highest BCUT2D eigenvalue weighted by atomic mass is 79.9. The van der Waals surface area contributed by atoms with Gasteiger partial charge in [-0.25, -0.2) is 9.18 Å². The van der Waals surface area contributed by atoms with Gasteiger partial charge in [0.05, 0.1) is 21.7 Å². The highest BCUT2D eigenvalue weighted by Crippen LogP contribution is 2.27. The largest absolute Gasteiger partial charge is 0.380 e. The number of aromatic nitrogens is 2. The number of imidazole rings is 1. The SMILES string of the molecule is O=c1[nH]c2cc(Br)c(NCc3cccc(Cl)c3F)cc2[nH]1. The Bertz CT molecular complexity index is 874. The number of hydrogen-bond acceptors (Lipinski definition) is 2. The van der Waals surface area contributed by atoms with E-state index in [-0.39, 0.29) is 17.3 Å². The van der Waals surface area contributed by atoms with Crippen LogP contribution in [0.1, 0.15) is 5.56 Å². The van der Waals surface area contributed by atoms with Crippen molar-refractivity contribution >= 4 is 44.3 Å². The Balaban J connectivity index is 1.89. The first kappa shape index (κ1) is 14.2. The molecule has 3 rings (SSSR count). The van der Waals surface area contributed by atoms with Crippen LogP contribution in [0.3, 0.4) is 0 Å². The molecule has 3 aromatic rings. The average Bonchev–Trinajstić information content (AvgIpc) is 2.79. The Morgan fingerprint density at radius 3 is 2.71 bits per heavy atom.